The van der Waals surface area contributed by atoms with Crippen molar-refractivity contribution in [1.82, 2.24) is 0 Å². The molecule has 26 heavy (non-hydrogen) atoms. The van der Waals surface area contributed by atoms with Gasteiger partial charge in [-0.15, -0.1) is 0 Å². The third-order valence-corrected chi connectivity index (χ3v) is 8.97. The summed E-state index contributed by atoms with van der Waals surface area (Å²) in [6.45, 7) is 19.9. The average molecular weight is 344 g/mol. The Morgan fingerprint density at radius 3 is 1.15 bits per heavy atom. The van der Waals surface area contributed by atoms with Gasteiger partial charge in [0.05, 0.1) is 0 Å². The summed E-state index contributed by atoms with van der Waals surface area (Å²) >= 11 is 0. The van der Waals surface area contributed by atoms with Crippen molar-refractivity contribution >= 4 is 0 Å². The Morgan fingerprint density at radius 1 is 0.654 bits per heavy atom. The summed E-state index contributed by atoms with van der Waals surface area (Å²) in [6, 6.07) is 0. The van der Waals surface area contributed by atoms with Gasteiger partial charge >= 0.3 is 37.7 Å². The van der Waals surface area contributed by atoms with E-state index in [0.29, 0.717) is 21.7 Å². The molecule has 0 spiro atoms. The van der Waals surface area contributed by atoms with Gasteiger partial charge in [0.25, 0.3) is 0 Å². The summed E-state index contributed by atoms with van der Waals surface area (Å²) in [7, 11) is 0. The van der Waals surface area contributed by atoms with Crippen LogP contribution < -0.4 is 37.7 Å². The summed E-state index contributed by atoms with van der Waals surface area (Å²) < 4.78 is 0. The maximum Gasteiger partial charge on any atom is 1.00 e. The van der Waals surface area contributed by atoms with E-state index in [1.165, 1.54) is 51.4 Å². The molecule has 4 atom stereocenters. The Kier molecular flexibility index (Phi) is 7.90. The summed E-state index contributed by atoms with van der Waals surface area (Å²) in [5, 5.41) is 0. The summed E-state index contributed by atoms with van der Waals surface area (Å²) in [5.41, 5.74) is 2.04. The average Bonchev–Trinajstić information content (AvgIpc) is 3.11. The zero-order chi connectivity index (χ0) is 18.0. The zero-order valence-corrected chi connectivity index (χ0v) is 19.8. The Labute approximate surface area is 189 Å². The van der Waals surface area contributed by atoms with Crippen molar-refractivity contribution in [3.05, 3.63) is 11.8 Å². The monoisotopic (exact) mass is 344 g/mol. The van der Waals surface area contributed by atoms with Crippen molar-refractivity contribution in [3.63, 3.8) is 0 Å². The molecular weight excluding hydrogens is 302 g/mol. The van der Waals surface area contributed by atoms with Gasteiger partial charge in [0, 0.05) is 0 Å². The van der Waals surface area contributed by atoms with Gasteiger partial charge in [-0.3, -0.25) is 0 Å². The topological polar surface area (TPSA) is 0 Å². The van der Waals surface area contributed by atoms with E-state index in [2.05, 4.69) is 55.4 Å². The van der Waals surface area contributed by atoms with Crippen molar-refractivity contribution in [2.45, 2.75) is 107 Å². The SMILES string of the molecule is CC(C)(C)[C-]1CCC([C@]2(C)CC[C@]2(C)C2CC[C-](C(C)(C)C)C2)C1.[Li+].[Li+]. The van der Waals surface area contributed by atoms with Crippen LogP contribution in [0.4, 0.5) is 0 Å². The van der Waals surface area contributed by atoms with Crippen LogP contribution in [0.3, 0.4) is 0 Å². The minimum absolute atomic E-state index is 0. The predicted octanol–water partition coefficient (Wildman–Crippen LogP) is 1.64. The van der Waals surface area contributed by atoms with E-state index in [1.807, 2.05) is 11.8 Å². The molecule has 3 fully saturated rings. The van der Waals surface area contributed by atoms with E-state index in [1.54, 1.807) is 0 Å². The van der Waals surface area contributed by atoms with Crippen LogP contribution in [0.25, 0.3) is 0 Å². The Hall–Kier alpha value is 1.19. The quantitative estimate of drug-likeness (QED) is 0.528. The maximum absolute atomic E-state index is 2.67. The van der Waals surface area contributed by atoms with Crippen molar-refractivity contribution < 1.29 is 37.7 Å². The maximum atomic E-state index is 2.67. The largest absolute Gasteiger partial charge is 1.00 e. The minimum Gasteiger partial charge on any atom is -0.308 e. The molecule has 140 valence electrons. The van der Waals surface area contributed by atoms with Crippen LogP contribution in [0.2, 0.25) is 0 Å². The first-order valence-electron chi connectivity index (χ1n) is 10.6. The van der Waals surface area contributed by atoms with Gasteiger partial charge in [-0.25, -0.2) is 0 Å². The van der Waals surface area contributed by atoms with E-state index in [-0.39, 0.29) is 37.7 Å². The van der Waals surface area contributed by atoms with E-state index >= 15 is 0 Å². The predicted molar refractivity (Wildman–Crippen MR) is 106 cm³/mol. The summed E-state index contributed by atoms with van der Waals surface area (Å²) in [5.74, 6) is 5.58. The molecule has 3 aliphatic rings. The van der Waals surface area contributed by atoms with Crippen LogP contribution in [-0.2, 0) is 0 Å². The van der Waals surface area contributed by atoms with Gasteiger partial charge in [0.2, 0.25) is 0 Å². The molecule has 0 bridgehead atoms. The van der Waals surface area contributed by atoms with Crippen LogP contribution >= 0.6 is 0 Å². The van der Waals surface area contributed by atoms with Crippen molar-refractivity contribution in [2.24, 2.45) is 33.5 Å². The second-order valence-electron chi connectivity index (χ2n) is 11.9. The number of hydrogen-bond donors (Lipinski definition) is 0. The van der Waals surface area contributed by atoms with Crippen LogP contribution in [0.5, 0.6) is 0 Å². The first kappa shape index (κ1) is 25.2. The van der Waals surface area contributed by atoms with E-state index in [0.717, 1.165) is 11.8 Å². The molecule has 0 N–H and O–H groups in total. The van der Waals surface area contributed by atoms with Crippen LogP contribution in [0.15, 0.2) is 0 Å². The molecule has 3 saturated carbocycles. The van der Waals surface area contributed by atoms with Gasteiger partial charge in [-0.2, -0.15) is 36.5 Å². The molecule has 0 amide bonds. The number of hydrogen-bond acceptors (Lipinski definition) is 0. The third kappa shape index (κ3) is 4.21. The first-order valence-corrected chi connectivity index (χ1v) is 10.6. The smallest absolute Gasteiger partial charge is 0.308 e. The standard InChI is InChI=1S/C24H42.2Li/c1-21(2,3)17-9-11-19(15-17)23(7)13-14-24(23,8)20-12-10-18(16-20)22(4,5)6;;/h19-20H,9-16H2,1-8H3;;/q-2;2*+1/t19?,20?,23-,24+;;. The van der Waals surface area contributed by atoms with Crippen molar-refractivity contribution in [3.8, 4) is 0 Å². The van der Waals surface area contributed by atoms with E-state index in [4.69, 9.17) is 0 Å². The second kappa shape index (κ2) is 8.14. The third-order valence-electron chi connectivity index (χ3n) is 8.97. The number of rotatable bonds is 2. The van der Waals surface area contributed by atoms with Crippen LogP contribution in [0.1, 0.15) is 107 Å². The van der Waals surface area contributed by atoms with Gasteiger partial charge in [0.15, 0.2) is 0 Å². The molecule has 0 aliphatic heterocycles. The summed E-state index contributed by atoms with van der Waals surface area (Å²) in [6.07, 6.45) is 11.5. The van der Waals surface area contributed by atoms with Crippen molar-refractivity contribution in [1.29, 1.82) is 0 Å². The fourth-order valence-corrected chi connectivity index (χ4v) is 6.40. The van der Waals surface area contributed by atoms with Crippen LogP contribution in [-0.4, -0.2) is 0 Å². The molecule has 2 heteroatoms. The molecule has 0 saturated heterocycles. The van der Waals surface area contributed by atoms with Gasteiger partial charge < -0.3 is 11.8 Å². The molecule has 0 nitrogen and oxygen atoms in total. The Morgan fingerprint density at radius 2 is 0.962 bits per heavy atom. The molecule has 2 unspecified atom stereocenters. The molecular formula is C24H42Li2. The van der Waals surface area contributed by atoms with Gasteiger partial charge in [0.1, 0.15) is 0 Å². The first-order chi connectivity index (χ1) is 10.9. The van der Waals surface area contributed by atoms with Gasteiger partial charge in [-0.1, -0.05) is 80.1 Å². The molecule has 0 aromatic heterocycles. The normalized spacial score (nSPS) is 39.2. The fourth-order valence-electron chi connectivity index (χ4n) is 6.40. The molecule has 0 radical (unpaired) electrons. The Bertz CT molecular complexity index is 428. The minimum atomic E-state index is 0. The molecule has 0 heterocycles. The molecule has 0 aromatic rings. The van der Waals surface area contributed by atoms with Crippen molar-refractivity contribution in [2.75, 3.05) is 0 Å². The summed E-state index contributed by atoms with van der Waals surface area (Å²) in [4.78, 5) is 0. The molecule has 3 rings (SSSR count). The molecule has 0 aromatic carbocycles. The molecule has 3 aliphatic carbocycles. The zero-order valence-electron chi connectivity index (χ0n) is 19.8. The van der Waals surface area contributed by atoms with Crippen LogP contribution in [0, 0.1) is 45.3 Å². The van der Waals surface area contributed by atoms with E-state index < -0.39 is 0 Å². The second-order valence-corrected chi connectivity index (χ2v) is 11.9. The Balaban J connectivity index is 0.00000169. The van der Waals surface area contributed by atoms with Gasteiger partial charge in [-0.05, 0) is 23.7 Å². The fraction of sp³-hybridized carbons (Fsp3) is 0.917. The van der Waals surface area contributed by atoms with E-state index in [9.17, 15) is 0 Å².